The van der Waals surface area contributed by atoms with E-state index in [1.807, 2.05) is 13.8 Å². The number of oxime groups is 1. The summed E-state index contributed by atoms with van der Waals surface area (Å²) < 4.78 is 0. The molecule has 2 unspecified atom stereocenters. The summed E-state index contributed by atoms with van der Waals surface area (Å²) in [5.74, 6) is -1.76. The molecule has 1 rings (SSSR count). The number of rotatable bonds is 4. The van der Waals surface area contributed by atoms with Crippen LogP contribution in [0.15, 0.2) is 5.16 Å². The molecule has 0 aliphatic carbocycles. The summed E-state index contributed by atoms with van der Waals surface area (Å²) in [6, 6.07) is 0. The SMILES string of the molecule is CC(C)C(C(=O)N1CCCC(C(N)=O)C1)C(N)=NO. The third-order valence-electron chi connectivity index (χ3n) is 3.50. The van der Waals surface area contributed by atoms with Crippen LogP contribution in [-0.4, -0.2) is 40.8 Å². The van der Waals surface area contributed by atoms with E-state index in [0.717, 1.165) is 6.42 Å². The summed E-state index contributed by atoms with van der Waals surface area (Å²) >= 11 is 0. The molecule has 0 aromatic heterocycles. The normalized spacial score (nSPS) is 22.4. The molecule has 0 aromatic carbocycles. The first kappa shape index (κ1) is 15.3. The van der Waals surface area contributed by atoms with Crippen molar-refractivity contribution in [1.29, 1.82) is 0 Å². The van der Waals surface area contributed by atoms with Gasteiger partial charge in [0.15, 0.2) is 5.84 Å². The lowest BCUT2D eigenvalue weighted by atomic mass is 9.90. The molecule has 0 aromatic rings. The van der Waals surface area contributed by atoms with Gasteiger partial charge in [0.2, 0.25) is 11.8 Å². The maximum absolute atomic E-state index is 12.4. The first-order valence-corrected chi connectivity index (χ1v) is 6.44. The van der Waals surface area contributed by atoms with Crippen molar-refractivity contribution in [3.8, 4) is 0 Å². The van der Waals surface area contributed by atoms with Gasteiger partial charge in [0.05, 0.1) is 5.92 Å². The number of carbonyl (C=O) groups is 2. The molecule has 2 amide bonds. The van der Waals surface area contributed by atoms with Crippen LogP contribution in [0.5, 0.6) is 0 Å². The fourth-order valence-electron chi connectivity index (χ4n) is 2.42. The lowest BCUT2D eigenvalue weighted by Gasteiger charge is -2.34. The van der Waals surface area contributed by atoms with Crippen molar-refractivity contribution in [2.45, 2.75) is 26.7 Å². The molecule has 1 fully saturated rings. The van der Waals surface area contributed by atoms with E-state index in [2.05, 4.69) is 5.16 Å². The molecule has 0 bridgehead atoms. The molecule has 19 heavy (non-hydrogen) atoms. The summed E-state index contributed by atoms with van der Waals surface area (Å²) in [7, 11) is 0. The van der Waals surface area contributed by atoms with Gasteiger partial charge in [-0.25, -0.2) is 0 Å². The molecule has 7 heteroatoms. The van der Waals surface area contributed by atoms with Crippen LogP contribution < -0.4 is 11.5 Å². The summed E-state index contributed by atoms with van der Waals surface area (Å²) in [6.07, 6.45) is 1.44. The van der Waals surface area contributed by atoms with E-state index in [1.165, 1.54) is 0 Å². The molecular formula is C12H22N4O3. The third kappa shape index (κ3) is 3.59. The smallest absolute Gasteiger partial charge is 0.233 e. The van der Waals surface area contributed by atoms with E-state index in [9.17, 15) is 9.59 Å². The summed E-state index contributed by atoms with van der Waals surface area (Å²) in [4.78, 5) is 25.2. The maximum atomic E-state index is 12.4. The van der Waals surface area contributed by atoms with Crippen LogP contribution >= 0.6 is 0 Å². The highest BCUT2D eigenvalue weighted by atomic mass is 16.4. The summed E-state index contributed by atoms with van der Waals surface area (Å²) in [5, 5.41) is 11.7. The Bertz CT molecular complexity index is 381. The number of hydrogen-bond acceptors (Lipinski definition) is 4. The van der Waals surface area contributed by atoms with E-state index in [4.69, 9.17) is 16.7 Å². The van der Waals surface area contributed by atoms with Crippen molar-refractivity contribution >= 4 is 17.6 Å². The first-order valence-electron chi connectivity index (χ1n) is 6.44. The number of amides is 2. The molecule has 0 spiro atoms. The minimum Gasteiger partial charge on any atom is -0.409 e. The zero-order chi connectivity index (χ0) is 14.6. The van der Waals surface area contributed by atoms with Gasteiger partial charge in [0.1, 0.15) is 5.92 Å². The Morgan fingerprint density at radius 1 is 1.37 bits per heavy atom. The van der Waals surface area contributed by atoms with Crippen LogP contribution in [0.3, 0.4) is 0 Å². The second-order valence-corrected chi connectivity index (χ2v) is 5.27. The van der Waals surface area contributed by atoms with Gasteiger partial charge in [0, 0.05) is 13.1 Å². The average molecular weight is 270 g/mol. The molecule has 2 atom stereocenters. The van der Waals surface area contributed by atoms with E-state index < -0.39 is 5.92 Å². The molecule has 0 saturated carbocycles. The van der Waals surface area contributed by atoms with Crippen LogP contribution in [-0.2, 0) is 9.59 Å². The highest BCUT2D eigenvalue weighted by Gasteiger charge is 2.34. The standard InChI is InChI=1S/C12H22N4O3/c1-7(2)9(10(13)15-19)12(18)16-5-3-4-8(6-16)11(14)17/h7-9,19H,3-6H2,1-2H3,(H2,13,15)(H2,14,17). The highest BCUT2D eigenvalue weighted by Crippen LogP contribution is 2.21. The van der Waals surface area contributed by atoms with Crippen molar-refractivity contribution in [1.82, 2.24) is 4.90 Å². The van der Waals surface area contributed by atoms with E-state index in [0.29, 0.717) is 19.5 Å². The molecule has 1 aliphatic rings. The number of carbonyl (C=O) groups excluding carboxylic acids is 2. The molecule has 7 nitrogen and oxygen atoms in total. The number of nitrogens with zero attached hydrogens (tertiary/aromatic N) is 2. The topological polar surface area (TPSA) is 122 Å². The highest BCUT2D eigenvalue weighted by molar-refractivity contribution is 6.02. The minimum atomic E-state index is -0.670. The number of piperidine rings is 1. The van der Waals surface area contributed by atoms with Gasteiger partial charge in [-0.15, -0.1) is 0 Å². The molecule has 1 saturated heterocycles. The Labute approximate surface area is 112 Å². The van der Waals surface area contributed by atoms with Gasteiger partial charge in [-0.3, -0.25) is 9.59 Å². The Balaban J connectivity index is 2.82. The molecule has 0 radical (unpaired) electrons. The number of likely N-dealkylation sites (tertiary alicyclic amines) is 1. The van der Waals surface area contributed by atoms with Crippen LogP contribution in [0.2, 0.25) is 0 Å². The number of amidine groups is 1. The van der Waals surface area contributed by atoms with Crippen LogP contribution in [0.1, 0.15) is 26.7 Å². The second-order valence-electron chi connectivity index (χ2n) is 5.27. The first-order chi connectivity index (χ1) is 8.88. The van der Waals surface area contributed by atoms with Gasteiger partial charge in [-0.2, -0.15) is 0 Å². The van der Waals surface area contributed by atoms with E-state index in [-0.39, 0.29) is 29.5 Å². The van der Waals surface area contributed by atoms with Crippen LogP contribution in [0.25, 0.3) is 0 Å². The van der Waals surface area contributed by atoms with E-state index >= 15 is 0 Å². The van der Waals surface area contributed by atoms with E-state index in [1.54, 1.807) is 4.90 Å². The van der Waals surface area contributed by atoms with Crippen LogP contribution in [0, 0.1) is 17.8 Å². The quantitative estimate of drug-likeness (QED) is 0.281. The zero-order valence-electron chi connectivity index (χ0n) is 11.4. The zero-order valence-corrected chi connectivity index (χ0v) is 11.4. The minimum absolute atomic E-state index is 0.0858. The van der Waals surface area contributed by atoms with Gasteiger partial charge in [-0.1, -0.05) is 19.0 Å². The predicted molar refractivity (Wildman–Crippen MR) is 70.2 cm³/mol. The number of hydrogen-bond donors (Lipinski definition) is 3. The Hall–Kier alpha value is -1.79. The van der Waals surface area contributed by atoms with Gasteiger partial charge in [0.25, 0.3) is 0 Å². The Morgan fingerprint density at radius 2 is 2.00 bits per heavy atom. The fraction of sp³-hybridized carbons (Fsp3) is 0.750. The van der Waals surface area contributed by atoms with Gasteiger partial charge < -0.3 is 21.6 Å². The molecule has 5 N–H and O–H groups in total. The average Bonchev–Trinajstić information content (AvgIpc) is 2.38. The number of nitrogens with two attached hydrogens (primary N) is 2. The largest absolute Gasteiger partial charge is 0.409 e. The van der Waals surface area contributed by atoms with Gasteiger partial charge >= 0.3 is 0 Å². The molecule has 1 aliphatic heterocycles. The van der Waals surface area contributed by atoms with Gasteiger partial charge in [-0.05, 0) is 18.8 Å². The lowest BCUT2D eigenvalue weighted by molar-refractivity contribution is -0.137. The Morgan fingerprint density at radius 3 is 2.47 bits per heavy atom. The third-order valence-corrected chi connectivity index (χ3v) is 3.50. The van der Waals surface area contributed by atoms with Crippen molar-refractivity contribution in [3.63, 3.8) is 0 Å². The lowest BCUT2D eigenvalue weighted by Crippen LogP contribution is -2.49. The van der Waals surface area contributed by atoms with Crippen LogP contribution in [0.4, 0.5) is 0 Å². The van der Waals surface area contributed by atoms with Crippen molar-refractivity contribution in [2.75, 3.05) is 13.1 Å². The Kier molecular flexibility index (Phi) is 5.14. The summed E-state index contributed by atoms with van der Waals surface area (Å²) in [5.41, 5.74) is 10.9. The molecule has 1 heterocycles. The molecule has 108 valence electrons. The maximum Gasteiger partial charge on any atom is 0.233 e. The molecular weight excluding hydrogens is 248 g/mol. The van der Waals surface area contributed by atoms with Crippen molar-refractivity contribution < 1.29 is 14.8 Å². The monoisotopic (exact) mass is 270 g/mol. The fourth-order valence-corrected chi connectivity index (χ4v) is 2.42. The second kappa shape index (κ2) is 6.40. The summed E-state index contributed by atoms with van der Waals surface area (Å²) in [6.45, 7) is 4.55. The predicted octanol–water partition coefficient (Wildman–Crippen LogP) is -0.271. The number of primary amides is 1. The van der Waals surface area contributed by atoms with Crippen molar-refractivity contribution in [3.05, 3.63) is 0 Å². The van der Waals surface area contributed by atoms with Crippen molar-refractivity contribution in [2.24, 2.45) is 34.4 Å².